The average Bonchev–Trinajstić information content (AvgIpc) is 3.07. The number of hydrogen-bond acceptors (Lipinski definition) is 4. The zero-order valence-electron chi connectivity index (χ0n) is 15.3. The number of urea groups is 1. The summed E-state index contributed by atoms with van der Waals surface area (Å²) in [5.74, 6) is 0.000673. The highest BCUT2D eigenvalue weighted by Gasteiger charge is 2.31. The van der Waals surface area contributed by atoms with Crippen LogP contribution in [0.15, 0.2) is 60.7 Å². The predicted molar refractivity (Wildman–Crippen MR) is 105 cm³/mol. The lowest BCUT2D eigenvalue weighted by Crippen LogP contribution is -2.40. The topological polar surface area (TPSA) is 87.5 Å². The lowest BCUT2D eigenvalue weighted by atomic mass is 9.95. The number of imide groups is 1. The quantitative estimate of drug-likeness (QED) is 0.728. The Morgan fingerprint density at radius 2 is 1.67 bits per heavy atom. The molecule has 6 nitrogen and oxygen atoms in total. The van der Waals surface area contributed by atoms with Crippen molar-refractivity contribution < 1.29 is 9.59 Å². The molecule has 2 aromatic rings. The van der Waals surface area contributed by atoms with Crippen molar-refractivity contribution in [1.82, 2.24) is 15.5 Å². The molecule has 0 bridgehead atoms. The second-order valence-electron chi connectivity index (χ2n) is 6.91. The minimum Gasteiger partial charge on any atom is -0.334 e. The van der Waals surface area contributed by atoms with E-state index in [0.717, 1.165) is 18.7 Å². The summed E-state index contributed by atoms with van der Waals surface area (Å²) in [6, 6.07) is 19.4. The standard InChI is InChI=1S/C21H26N4O2/c22-19-15-25(14-18(19)17-9-5-2-6-10-17)12-11-20(26)24-21(27)23-13-16-7-3-1-4-8-16/h1-10,18-19H,11-15,22H2,(H2,23,24,26,27)/t18-,19+/m0/s1. The summed E-state index contributed by atoms with van der Waals surface area (Å²) in [4.78, 5) is 26.0. The number of likely N-dealkylation sites (tertiary alicyclic amines) is 1. The molecule has 1 saturated heterocycles. The fourth-order valence-electron chi connectivity index (χ4n) is 3.42. The third-order valence-corrected chi connectivity index (χ3v) is 4.87. The highest BCUT2D eigenvalue weighted by molar-refractivity contribution is 5.94. The van der Waals surface area contributed by atoms with Crippen molar-refractivity contribution in [2.24, 2.45) is 5.73 Å². The fraction of sp³-hybridized carbons (Fsp3) is 0.333. The number of nitrogens with zero attached hydrogens (tertiary/aromatic N) is 1. The van der Waals surface area contributed by atoms with Crippen LogP contribution in [0.4, 0.5) is 4.79 Å². The van der Waals surface area contributed by atoms with Gasteiger partial charge < -0.3 is 16.0 Å². The highest BCUT2D eigenvalue weighted by Crippen LogP contribution is 2.26. The molecule has 1 heterocycles. The Bertz CT molecular complexity index is 751. The number of hydrogen-bond donors (Lipinski definition) is 3. The van der Waals surface area contributed by atoms with Gasteiger partial charge in [-0.2, -0.15) is 0 Å². The smallest absolute Gasteiger partial charge is 0.321 e. The molecular formula is C21H26N4O2. The summed E-state index contributed by atoms with van der Waals surface area (Å²) < 4.78 is 0. The number of benzene rings is 2. The molecule has 27 heavy (non-hydrogen) atoms. The lowest BCUT2D eigenvalue weighted by molar-refractivity contribution is -0.120. The summed E-state index contributed by atoms with van der Waals surface area (Å²) in [6.07, 6.45) is 0.271. The molecule has 2 atom stereocenters. The summed E-state index contributed by atoms with van der Waals surface area (Å²) in [6.45, 7) is 2.57. The van der Waals surface area contributed by atoms with Crippen LogP contribution < -0.4 is 16.4 Å². The van der Waals surface area contributed by atoms with Crippen molar-refractivity contribution >= 4 is 11.9 Å². The van der Waals surface area contributed by atoms with E-state index in [1.165, 1.54) is 5.56 Å². The van der Waals surface area contributed by atoms with E-state index in [1.54, 1.807) is 0 Å². The average molecular weight is 366 g/mol. The van der Waals surface area contributed by atoms with Gasteiger partial charge in [-0.25, -0.2) is 4.79 Å². The van der Waals surface area contributed by atoms with Crippen molar-refractivity contribution in [1.29, 1.82) is 0 Å². The number of nitrogens with two attached hydrogens (primary N) is 1. The van der Waals surface area contributed by atoms with E-state index < -0.39 is 6.03 Å². The third-order valence-electron chi connectivity index (χ3n) is 4.87. The van der Waals surface area contributed by atoms with Gasteiger partial charge in [0.15, 0.2) is 0 Å². The van der Waals surface area contributed by atoms with Crippen LogP contribution in [0, 0.1) is 0 Å². The Labute approximate surface area is 159 Å². The van der Waals surface area contributed by atoms with Crippen molar-refractivity contribution in [3.63, 3.8) is 0 Å². The van der Waals surface area contributed by atoms with Gasteiger partial charge in [0.2, 0.25) is 5.91 Å². The summed E-state index contributed by atoms with van der Waals surface area (Å²) in [5.41, 5.74) is 8.49. The van der Waals surface area contributed by atoms with Gasteiger partial charge in [0.05, 0.1) is 0 Å². The van der Waals surface area contributed by atoms with Crippen molar-refractivity contribution in [2.75, 3.05) is 19.6 Å². The number of carbonyl (C=O) groups is 2. The first-order valence-electron chi connectivity index (χ1n) is 9.26. The molecule has 3 amide bonds. The molecule has 0 aromatic heterocycles. The molecule has 3 rings (SSSR count). The van der Waals surface area contributed by atoms with Crippen LogP contribution in [0.25, 0.3) is 0 Å². The number of rotatable bonds is 6. The number of amides is 3. The largest absolute Gasteiger partial charge is 0.334 e. The zero-order chi connectivity index (χ0) is 19.1. The van der Waals surface area contributed by atoms with Crippen LogP contribution in [0.1, 0.15) is 23.5 Å². The second-order valence-corrected chi connectivity index (χ2v) is 6.91. The molecule has 6 heteroatoms. The van der Waals surface area contributed by atoms with Gasteiger partial charge >= 0.3 is 6.03 Å². The van der Waals surface area contributed by atoms with E-state index >= 15 is 0 Å². The molecule has 1 aliphatic heterocycles. The Balaban J connectivity index is 1.38. The van der Waals surface area contributed by atoms with E-state index in [4.69, 9.17) is 5.73 Å². The minimum atomic E-state index is -0.468. The maximum absolute atomic E-state index is 12.0. The second kappa shape index (κ2) is 9.30. The molecule has 142 valence electrons. The Morgan fingerprint density at radius 3 is 2.37 bits per heavy atom. The van der Waals surface area contributed by atoms with Crippen LogP contribution in [0.3, 0.4) is 0 Å². The number of carbonyl (C=O) groups excluding carboxylic acids is 2. The SMILES string of the molecule is N[C@@H]1CN(CCC(=O)NC(=O)NCc2ccccc2)C[C@H]1c1ccccc1. The number of nitrogens with one attached hydrogen (secondary N) is 2. The molecule has 1 aliphatic rings. The van der Waals surface area contributed by atoms with Crippen LogP contribution in [-0.4, -0.2) is 42.5 Å². The molecule has 0 aliphatic carbocycles. The maximum atomic E-state index is 12.0. The van der Waals surface area contributed by atoms with Gasteiger partial charge in [0.1, 0.15) is 0 Å². The first-order valence-corrected chi connectivity index (χ1v) is 9.26. The van der Waals surface area contributed by atoms with Crippen LogP contribution in [0.2, 0.25) is 0 Å². The molecular weight excluding hydrogens is 340 g/mol. The highest BCUT2D eigenvalue weighted by atomic mass is 16.2. The van der Waals surface area contributed by atoms with Crippen LogP contribution in [0.5, 0.6) is 0 Å². The van der Waals surface area contributed by atoms with Crippen molar-refractivity contribution in [3.05, 3.63) is 71.8 Å². The summed E-state index contributed by atoms with van der Waals surface area (Å²) >= 11 is 0. The Morgan fingerprint density at radius 1 is 1.00 bits per heavy atom. The Hall–Kier alpha value is -2.70. The fourth-order valence-corrected chi connectivity index (χ4v) is 3.42. The predicted octanol–water partition coefficient (Wildman–Crippen LogP) is 1.83. The first-order chi connectivity index (χ1) is 13.1. The van der Waals surface area contributed by atoms with Gasteiger partial charge in [-0.1, -0.05) is 60.7 Å². The van der Waals surface area contributed by atoms with E-state index in [-0.39, 0.29) is 24.3 Å². The molecule has 0 radical (unpaired) electrons. The van der Waals surface area contributed by atoms with Crippen LogP contribution >= 0.6 is 0 Å². The van der Waals surface area contributed by atoms with Crippen molar-refractivity contribution in [3.8, 4) is 0 Å². The van der Waals surface area contributed by atoms with Crippen molar-refractivity contribution in [2.45, 2.75) is 24.9 Å². The van der Waals surface area contributed by atoms with E-state index in [9.17, 15) is 9.59 Å². The van der Waals surface area contributed by atoms with E-state index in [2.05, 4.69) is 27.7 Å². The molecule has 2 aromatic carbocycles. The minimum absolute atomic E-state index is 0.0598. The lowest BCUT2D eigenvalue weighted by Gasteiger charge is -2.15. The van der Waals surface area contributed by atoms with E-state index in [0.29, 0.717) is 13.1 Å². The van der Waals surface area contributed by atoms with Gasteiger partial charge in [-0.3, -0.25) is 10.1 Å². The molecule has 1 fully saturated rings. The molecule has 0 spiro atoms. The van der Waals surface area contributed by atoms with Gasteiger partial charge in [-0.15, -0.1) is 0 Å². The van der Waals surface area contributed by atoms with Gasteiger partial charge in [0.25, 0.3) is 0 Å². The molecule has 4 N–H and O–H groups in total. The zero-order valence-corrected chi connectivity index (χ0v) is 15.3. The monoisotopic (exact) mass is 366 g/mol. The van der Waals surface area contributed by atoms with E-state index in [1.807, 2.05) is 48.5 Å². The Kier molecular flexibility index (Phi) is 6.57. The normalized spacial score (nSPS) is 19.6. The third kappa shape index (κ3) is 5.64. The molecule has 0 unspecified atom stereocenters. The van der Waals surface area contributed by atoms with Gasteiger partial charge in [0, 0.05) is 44.6 Å². The van der Waals surface area contributed by atoms with Crippen LogP contribution in [-0.2, 0) is 11.3 Å². The first kappa shape index (κ1) is 19.1. The maximum Gasteiger partial charge on any atom is 0.321 e. The summed E-state index contributed by atoms with van der Waals surface area (Å²) in [5, 5.41) is 5.07. The summed E-state index contributed by atoms with van der Waals surface area (Å²) in [7, 11) is 0. The van der Waals surface area contributed by atoms with Gasteiger partial charge in [-0.05, 0) is 11.1 Å². The molecule has 0 saturated carbocycles.